The van der Waals surface area contributed by atoms with Crippen LogP contribution in [-0.4, -0.2) is 60.7 Å². The molecule has 152 valence electrons. The van der Waals surface area contributed by atoms with Gasteiger partial charge in [0, 0.05) is 43.0 Å². The van der Waals surface area contributed by atoms with Gasteiger partial charge in [0.15, 0.2) is 0 Å². The molecule has 1 saturated heterocycles. The predicted octanol–water partition coefficient (Wildman–Crippen LogP) is 1.14. The van der Waals surface area contributed by atoms with E-state index in [4.69, 9.17) is 9.26 Å². The van der Waals surface area contributed by atoms with E-state index in [2.05, 4.69) is 19.8 Å². The number of ether oxygens (including phenoxy) is 1. The third kappa shape index (κ3) is 4.50. The van der Waals surface area contributed by atoms with E-state index < -0.39 is 10.0 Å². The fraction of sp³-hybridized carbons (Fsp3) is 0.294. The lowest BCUT2D eigenvalue weighted by Gasteiger charge is -2.25. The molecule has 1 amide bonds. The van der Waals surface area contributed by atoms with Crippen LogP contribution in [0.3, 0.4) is 0 Å². The Kier molecular flexibility index (Phi) is 5.67. The van der Waals surface area contributed by atoms with E-state index >= 15 is 0 Å². The molecule has 0 atom stereocenters. The molecule has 0 saturated carbocycles. The highest BCUT2D eigenvalue weighted by atomic mass is 32.2. The summed E-state index contributed by atoms with van der Waals surface area (Å²) in [4.78, 5) is 22.0. The Morgan fingerprint density at radius 1 is 1.31 bits per heavy atom. The molecule has 29 heavy (non-hydrogen) atoms. The van der Waals surface area contributed by atoms with Gasteiger partial charge in [0.1, 0.15) is 4.21 Å². The summed E-state index contributed by atoms with van der Waals surface area (Å²) in [5.74, 6) is -0.341. The molecule has 1 aliphatic heterocycles. The second kappa shape index (κ2) is 8.37. The first-order chi connectivity index (χ1) is 14.0. The number of carbonyl (C=O) groups is 1. The molecule has 12 heteroatoms. The minimum Gasteiger partial charge on any atom is -0.378 e. The Bertz CT molecular complexity index is 1090. The molecule has 1 fully saturated rings. The summed E-state index contributed by atoms with van der Waals surface area (Å²) in [6, 6.07) is 4.96. The number of pyridine rings is 1. The Hall–Kier alpha value is -2.67. The van der Waals surface area contributed by atoms with Crippen LogP contribution in [0.4, 0.5) is 0 Å². The van der Waals surface area contributed by atoms with Gasteiger partial charge in [0.2, 0.25) is 15.8 Å². The standard InChI is InChI=1S/C17H17N5O5S2/c23-17(22-4-6-26-7-5-22)16-20-15(21-27-16)13-8-14(28-11-13)29(24,25)19-10-12-2-1-3-18-9-12/h1-3,8-9,11,19H,4-7,10H2. The van der Waals surface area contributed by atoms with Crippen LogP contribution in [0.1, 0.15) is 16.2 Å². The predicted molar refractivity (Wildman–Crippen MR) is 103 cm³/mol. The summed E-state index contributed by atoms with van der Waals surface area (Å²) in [6.45, 7) is 1.97. The zero-order chi connectivity index (χ0) is 20.3. The van der Waals surface area contributed by atoms with Crippen molar-refractivity contribution in [1.82, 2.24) is 24.7 Å². The van der Waals surface area contributed by atoms with Gasteiger partial charge in [0.25, 0.3) is 0 Å². The summed E-state index contributed by atoms with van der Waals surface area (Å²) >= 11 is 1.03. The van der Waals surface area contributed by atoms with Gasteiger partial charge in [-0.05, 0) is 17.7 Å². The Morgan fingerprint density at radius 3 is 2.90 bits per heavy atom. The molecule has 3 aromatic rings. The highest BCUT2D eigenvalue weighted by molar-refractivity contribution is 7.91. The van der Waals surface area contributed by atoms with Gasteiger partial charge in [-0.2, -0.15) is 4.98 Å². The van der Waals surface area contributed by atoms with Crippen molar-refractivity contribution in [2.24, 2.45) is 0 Å². The van der Waals surface area contributed by atoms with E-state index in [0.29, 0.717) is 31.9 Å². The van der Waals surface area contributed by atoms with Crippen LogP contribution in [0.15, 0.2) is 44.7 Å². The highest BCUT2D eigenvalue weighted by Crippen LogP contribution is 2.27. The molecule has 1 aliphatic rings. The molecular weight excluding hydrogens is 418 g/mol. The van der Waals surface area contributed by atoms with Crippen molar-refractivity contribution < 1.29 is 22.5 Å². The minimum atomic E-state index is -3.71. The number of sulfonamides is 1. The maximum atomic E-state index is 12.5. The zero-order valence-corrected chi connectivity index (χ0v) is 16.8. The second-order valence-corrected chi connectivity index (χ2v) is 9.07. The van der Waals surface area contributed by atoms with Crippen LogP contribution < -0.4 is 4.72 Å². The molecule has 4 heterocycles. The summed E-state index contributed by atoms with van der Waals surface area (Å²) in [5.41, 5.74) is 1.21. The van der Waals surface area contributed by atoms with Gasteiger partial charge in [-0.15, -0.1) is 11.3 Å². The first-order valence-electron chi connectivity index (χ1n) is 8.71. The summed E-state index contributed by atoms with van der Waals surface area (Å²) in [5, 5.41) is 5.41. The number of amides is 1. The first kappa shape index (κ1) is 19.6. The van der Waals surface area contributed by atoms with Crippen molar-refractivity contribution in [3.05, 3.63) is 47.4 Å². The molecule has 1 N–H and O–H groups in total. The van der Waals surface area contributed by atoms with Crippen molar-refractivity contribution in [3.63, 3.8) is 0 Å². The minimum absolute atomic E-state index is 0.113. The Morgan fingerprint density at radius 2 is 2.14 bits per heavy atom. The third-order valence-electron chi connectivity index (χ3n) is 4.19. The lowest BCUT2D eigenvalue weighted by molar-refractivity contribution is 0.0272. The lowest BCUT2D eigenvalue weighted by Crippen LogP contribution is -2.40. The SMILES string of the molecule is O=C(c1nc(-c2csc(S(=O)(=O)NCc3cccnc3)c2)no1)N1CCOCC1. The average molecular weight is 435 g/mol. The van der Waals surface area contributed by atoms with E-state index in [1.807, 2.05) is 0 Å². The molecule has 0 radical (unpaired) electrons. The molecule has 0 unspecified atom stereocenters. The summed E-state index contributed by atoms with van der Waals surface area (Å²) in [7, 11) is -3.71. The second-order valence-electron chi connectivity index (χ2n) is 6.17. The van der Waals surface area contributed by atoms with Crippen LogP contribution >= 0.6 is 11.3 Å². The molecule has 4 rings (SSSR count). The number of morpholine rings is 1. The number of hydrogen-bond acceptors (Lipinski definition) is 9. The van der Waals surface area contributed by atoms with Crippen molar-refractivity contribution in [3.8, 4) is 11.4 Å². The van der Waals surface area contributed by atoms with E-state index in [-0.39, 0.29) is 28.4 Å². The Labute approximate surface area is 170 Å². The van der Waals surface area contributed by atoms with Gasteiger partial charge < -0.3 is 14.2 Å². The van der Waals surface area contributed by atoms with Crippen LogP contribution in [-0.2, 0) is 21.3 Å². The molecule has 0 spiro atoms. The number of carbonyl (C=O) groups excluding carboxylic acids is 1. The maximum Gasteiger partial charge on any atom is 0.316 e. The fourth-order valence-electron chi connectivity index (χ4n) is 2.66. The summed E-state index contributed by atoms with van der Waals surface area (Å²) < 4.78 is 38.0. The smallest absolute Gasteiger partial charge is 0.316 e. The molecule has 0 bridgehead atoms. The molecule has 10 nitrogen and oxygen atoms in total. The first-order valence-corrected chi connectivity index (χ1v) is 11.1. The molecule has 0 aliphatic carbocycles. The van der Waals surface area contributed by atoms with Crippen LogP contribution in [0.5, 0.6) is 0 Å². The lowest BCUT2D eigenvalue weighted by atomic mass is 10.3. The van der Waals surface area contributed by atoms with Gasteiger partial charge in [-0.3, -0.25) is 9.78 Å². The number of aromatic nitrogens is 3. The molecular formula is C17H17N5O5S2. The number of nitrogens with one attached hydrogen (secondary N) is 1. The summed E-state index contributed by atoms with van der Waals surface area (Å²) in [6.07, 6.45) is 3.21. The third-order valence-corrected chi connectivity index (χ3v) is 7.04. The largest absolute Gasteiger partial charge is 0.378 e. The van der Waals surface area contributed by atoms with Crippen LogP contribution in [0, 0.1) is 0 Å². The monoisotopic (exact) mass is 435 g/mol. The van der Waals surface area contributed by atoms with Crippen molar-refractivity contribution in [2.75, 3.05) is 26.3 Å². The van der Waals surface area contributed by atoms with E-state index in [1.54, 1.807) is 34.8 Å². The van der Waals surface area contributed by atoms with E-state index in [1.165, 1.54) is 6.07 Å². The average Bonchev–Trinajstić information content (AvgIpc) is 3.43. The number of thiophene rings is 1. The Balaban J connectivity index is 1.46. The zero-order valence-electron chi connectivity index (χ0n) is 15.1. The normalized spacial score (nSPS) is 14.8. The molecule has 0 aromatic carbocycles. The van der Waals surface area contributed by atoms with Gasteiger partial charge in [-0.1, -0.05) is 11.2 Å². The van der Waals surface area contributed by atoms with E-state index in [0.717, 1.165) is 16.9 Å². The maximum absolute atomic E-state index is 12.5. The van der Waals surface area contributed by atoms with Crippen molar-refractivity contribution in [2.45, 2.75) is 10.8 Å². The fourth-order valence-corrected chi connectivity index (χ4v) is 4.88. The van der Waals surface area contributed by atoms with Crippen molar-refractivity contribution in [1.29, 1.82) is 0 Å². The van der Waals surface area contributed by atoms with Crippen molar-refractivity contribution >= 4 is 27.3 Å². The number of nitrogens with zero attached hydrogens (tertiary/aromatic N) is 4. The topological polar surface area (TPSA) is 128 Å². The van der Waals surface area contributed by atoms with Gasteiger partial charge in [0.05, 0.1) is 13.2 Å². The number of rotatable bonds is 6. The van der Waals surface area contributed by atoms with Crippen LogP contribution in [0.2, 0.25) is 0 Å². The van der Waals surface area contributed by atoms with E-state index in [9.17, 15) is 13.2 Å². The quantitative estimate of drug-likeness (QED) is 0.611. The van der Waals surface area contributed by atoms with Gasteiger partial charge >= 0.3 is 11.8 Å². The highest BCUT2D eigenvalue weighted by Gasteiger charge is 2.25. The van der Waals surface area contributed by atoms with Gasteiger partial charge in [-0.25, -0.2) is 13.1 Å². The van der Waals surface area contributed by atoms with Crippen LogP contribution in [0.25, 0.3) is 11.4 Å². The number of hydrogen-bond donors (Lipinski definition) is 1. The molecule has 3 aromatic heterocycles.